The molecule has 96 valence electrons. The number of nitrogens with two attached hydrogens (primary N) is 1. The number of nitrogens with one attached hydrogen (secondary N) is 1. The molecule has 0 aliphatic carbocycles. The Morgan fingerprint density at radius 1 is 1.61 bits per heavy atom. The van der Waals surface area contributed by atoms with Crippen LogP contribution >= 0.6 is 11.5 Å². The molecule has 0 saturated heterocycles. The maximum Gasteiger partial charge on any atom is 0.265 e. The lowest BCUT2D eigenvalue weighted by molar-refractivity contribution is 0.0954. The van der Waals surface area contributed by atoms with Gasteiger partial charge < -0.3 is 11.1 Å². The van der Waals surface area contributed by atoms with E-state index in [1.807, 2.05) is 6.92 Å². The van der Waals surface area contributed by atoms with Crippen molar-refractivity contribution in [1.29, 1.82) is 0 Å². The summed E-state index contributed by atoms with van der Waals surface area (Å²) < 4.78 is 5.34. The van der Waals surface area contributed by atoms with Gasteiger partial charge in [-0.15, -0.1) is 5.10 Å². The minimum absolute atomic E-state index is 0.176. The number of carbonyl (C=O) groups is 1. The first-order valence-corrected chi connectivity index (χ1v) is 6.26. The van der Waals surface area contributed by atoms with Gasteiger partial charge in [-0.2, -0.15) is 5.10 Å². The molecule has 0 fully saturated rings. The van der Waals surface area contributed by atoms with Crippen molar-refractivity contribution in [2.45, 2.75) is 19.9 Å². The first-order valence-electron chi connectivity index (χ1n) is 5.49. The first-order chi connectivity index (χ1) is 8.63. The summed E-state index contributed by atoms with van der Waals surface area (Å²) in [5.74, 6) is 0.374. The molecule has 0 aliphatic rings. The van der Waals surface area contributed by atoms with Crippen LogP contribution in [-0.4, -0.2) is 25.3 Å². The fraction of sp³-hybridized carbons (Fsp3) is 0.400. The fourth-order valence-electron chi connectivity index (χ4n) is 1.50. The summed E-state index contributed by atoms with van der Waals surface area (Å²) in [6.07, 6.45) is 2.33. The molecule has 18 heavy (non-hydrogen) atoms. The van der Waals surface area contributed by atoms with Gasteiger partial charge in [-0.3, -0.25) is 9.48 Å². The molecule has 2 aromatic heterocycles. The van der Waals surface area contributed by atoms with E-state index in [-0.39, 0.29) is 5.91 Å². The van der Waals surface area contributed by atoms with Gasteiger partial charge in [0.05, 0.1) is 11.9 Å². The van der Waals surface area contributed by atoms with E-state index in [1.165, 1.54) is 0 Å². The number of anilines is 1. The van der Waals surface area contributed by atoms with Crippen LogP contribution in [0.5, 0.6) is 0 Å². The van der Waals surface area contributed by atoms with Crippen LogP contribution in [0.1, 0.15) is 27.9 Å². The largest absolute Gasteiger partial charge is 0.384 e. The summed E-state index contributed by atoms with van der Waals surface area (Å²) in [6, 6.07) is 0. The van der Waals surface area contributed by atoms with Crippen molar-refractivity contribution in [3.05, 3.63) is 22.3 Å². The average molecular weight is 266 g/mol. The molecule has 0 aliphatic heterocycles. The third kappa shape index (κ3) is 2.33. The number of hydrogen-bond acceptors (Lipinski definition) is 6. The highest BCUT2D eigenvalue weighted by atomic mass is 32.1. The molecule has 8 heteroatoms. The van der Waals surface area contributed by atoms with Crippen LogP contribution in [-0.2, 0) is 20.0 Å². The van der Waals surface area contributed by atoms with Crippen molar-refractivity contribution in [1.82, 2.24) is 24.7 Å². The van der Waals surface area contributed by atoms with Gasteiger partial charge in [-0.05, 0) is 18.0 Å². The molecule has 0 atom stereocenters. The van der Waals surface area contributed by atoms with Gasteiger partial charge in [-0.1, -0.05) is 11.4 Å². The molecule has 0 bridgehead atoms. The molecule has 7 nitrogen and oxygen atoms in total. The smallest absolute Gasteiger partial charge is 0.265 e. The number of nitrogen functional groups attached to an aromatic ring is 1. The zero-order valence-corrected chi connectivity index (χ0v) is 11.0. The highest BCUT2D eigenvalue weighted by molar-refractivity contribution is 7.08. The second-order valence-electron chi connectivity index (χ2n) is 3.76. The molecule has 2 aromatic rings. The van der Waals surface area contributed by atoms with Crippen LogP contribution in [0.4, 0.5) is 5.82 Å². The van der Waals surface area contributed by atoms with Crippen molar-refractivity contribution < 1.29 is 4.79 Å². The Kier molecular flexibility index (Phi) is 3.56. The van der Waals surface area contributed by atoms with Crippen LogP contribution in [0.15, 0.2) is 6.20 Å². The molecule has 2 rings (SSSR count). The lowest BCUT2D eigenvalue weighted by Crippen LogP contribution is -2.23. The summed E-state index contributed by atoms with van der Waals surface area (Å²) in [5, 5.41) is 10.7. The predicted molar refractivity (Wildman–Crippen MR) is 68.1 cm³/mol. The van der Waals surface area contributed by atoms with E-state index in [0.29, 0.717) is 23.7 Å². The van der Waals surface area contributed by atoms with Crippen molar-refractivity contribution in [3.8, 4) is 0 Å². The third-order valence-electron chi connectivity index (χ3n) is 2.60. The number of aryl methyl sites for hydroxylation is 2. The van der Waals surface area contributed by atoms with Gasteiger partial charge in [0, 0.05) is 19.2 Å². The lowest BCUT2D eigenvalue weighted by Gasteiger charge is -2.03. The Bertz CT molecular complexity index is 560. The summed E-state index contributed by atoms with van der Waals surface area (Å²) in [7, 11) is 1.75. The van der Waals surface area contributed by atoms with Crippen LogP contribution < -0.4 is 11.1 Å². The number of hydrogen-bond donors (Lipinski definition) is 2. The van der Waals surface area contributed by atoms with Gasteiger partial charge in [0.25, 0.3) is 5.91 Å². The van der Waals surface area contributed by atoms with E-state index in [2.05, 4.69) is 20.0 Å². The molecule has 2 heterocycles. The van der Waals surface area contributed by atoms with Gasteiger partial charge in [0.2, 0.25) is 0 Å². The molecule has 3 N–H and O–H groups in total. The second-order valence-corrected chi connectivity index (χ2v) is 4.52. The zero-order chi connectivity index (χ0) is 13.1. The van der Waals surface area contributed by atoms with E-state index < -0.39 is 0 Å². The Balaban J connectivity index is 2.03. The summed E-state index contributed by atoms with van der Waals surface area (Å²) in [5.41, 5.74) is 7.30. The van der Waals surface area contributed by atoms with Gasteiger partial charge in [0.15, 0.2) is 0 Å². The number of amides is 1. The fourth-order valence-corrected chi connectivity index (χ4v) is 2.16. The van der Waals surface area contributed by atoms with E-state index in [4.69, 9.17) is 5.73 Å². The topological polar surface area (TPSA) is 98.7 Å². The third-order valence-corrected chi connectivity index (χ3v) is 3.37. The van der Waals surface area contributed by atoms with Crippen molar-refractivity contribution in [3.63, 3.8) is 0 Å². The molecular formula is C10H14N6OS. The van der Waals surface area contributed by atoms with Gasteiger partial charge in [-0.25, -0.2) is 0 Å². The van der Waals surface area contributed by atoms with Crippen molar-refractivity contribution >= 4 is 23.3 Å². The van der Waals surface area contributed by atoms with E-state index >= 15 is 0 Å². The Hall–Kier alpha value is -1.96. The van der Waals surface area contributed by atoms with Gasteiger partial charge in [0.1, 0.15) is 10.7 Å². The summed E-state index contributed by atoms with van der Waals surface area (Å²) >= 11 is 1.10. The van der Waals surface area contributed by atoms with Crippen LogP contribution in [0.3, 0.4) is 0 Å². The lowest BCUT2D eigenvalue weighted by atomic mass is 10.2. The SMILES string of the molecule is CCc1nnsc1C(=O)NCc1cnn(C)c1N. The van der Waals surface area contributed by atoms with Crippen molar-refractivity contribution in [2.75, 3.05) is 5.73 Å². The number of rotatable bonds is 4. The van der Waals surface area contributed by atoms with Gasteiger partial charge >= 0.3 is 0 Å². The molecule has 0 spiro atoms. The normalized spacial score (nSPS) is 10.6. The Morgan fingerprint density at radius 3 is 3.00 bits per heavy atom. The van der Waals surface area contributed by atoms with E-state index in [9.17, 15) is 4.79 Å². The number of nitrogens with zero attached hydrogens (tertiary/aromatic N) is 4. The summed E-state index contributed by atoms with van der Waals surface area (Å²) in [4.78, 5) is 12.5. The van der Waals surface area contributed by atoms with E-state index in [1.54, 1.807) is 17.9 Å². The maximum absolute atomic E-state index is 11.9. The molecular weight excluding hydrogens is 252 g/mol. The van der Waals surface area contributed by atoms with Crippen LogP contribution in [0.25, 0.3) is 0 Å². The van der Waals surface area contributed by atoms with Crippen molar-refractivity contribution in [2.24, 2.45) is 7.05 Å². The number of aromatic nitrogens is 4. The highest BCUT2D eigenvalue weighted by Crippen LogP contribution is 2.12. The standard InChI is InChI=1S/C10H14N6OS/c1-3-7-8(18-15-14-7)10(17)12-4-6-5-13-16(2)9(6)11/h5H,3-4,11H2,1-2H3,(H,12,17). The molecule has 0 saturated carbocycles. The number of carbonyl (C=O) groups excluding carboxylic acids is 1. The second kappa shape index (κ2) is 5.13. The predicted octanol–water partition coefficient (Wildman–Crippen LogP) is 0.346. The Labute approximate surface area is 108 Å². The highest BCUT2D eigenvalue weighted by Gasteiger charge is 2.15. The Morgan fingerprint density at radius 2 is 2.39 bits per heavy atom. The monoisotopic (exact) mass is 266 g/mol. The summed E-state index contributed by atoms with van der Waals surface area (Å²) in [6.45, 7) is 2.28. The molecule has 1 amide bonds. The van der Waals surface area contributed by atoms with Crippen LogP contribution in [0.2, 0.25) is 0 Å². The quantitative estimate of drug-likeness (QED) is 0.831. The molecule has 0 unspecified atom stereocenters. The average Bonchev–Trinajstić information content (AvgIpc) is 2.96. The minimum atomic E-state index is -0.176. The zero-order valence-electron chi connectivity index (χ0n) is 10.2. The first kappa shape index (κ1) is 12.5. The van der Waals surface area contributed by atoms with Crippen LogP contribution in [0, 0.1) is 0 Å². The minimum Gasteiger partial charge on any atom is -0.384 e. The molecule has 0 radical (unpaired) electrons. The van der Waals surface area contributed by atoms with E-state index in [0.717, 1.165) is 22.8 Å². The molecule has 0 aromatic carbocycles. The maximum atomic E-state index is 11.9.